The van der Waals surface area contributed by atoms with Crippen molar-refractivity contribution in [1.29, 1.82) is 0 Å². The molecule has 0 saturated carbocycles. The van der Waals surface area contributed by atoms with Gasteiger partial charge in [-0.2, -0.15) is 9.13 Å². The van der Waals surface area contributed by atoms with Crippen LogP contribution >= 0.6 is 0 Å². The van der Waals surface area contributed by atoms with Crippen LogP contribution in [0.4, 0.5) is 0 Å². The number of hydrogen-bond acceptors (Lipinski definition) is 0. The van der Waals surface area contributed by atoms with Gasteiger partial charge in [0.15, 0.2) is 0 Å². The van der Waals surface area contributed by atoms with Crippen molar-refractivity contribution < 1.29 is 9.13 Å². The van der Waals surface area contributed by atoms with E-state index in [0.717, 1.165) is 5.95 Å². The fourth-order valence-corrected chi connectivity index (χ4v) is 9.72. The number of para-hydroxylation sites is 7. The Balaban J connectivity index is 0.000000532. The third-order valence-corrected chi connectivity index (χ3v) is 12.6. The van der Waals surface area contributed by atoms with E-state index >= 15 is 0 Å². The summed E-state index contributed by atoms with van der Waals surface area (Å²) >= 11 is 0. The molecule has 12 rings (SSSR count). The summed E-state index contributed by atoms with van der Waals surface area (Å²) in [5.74, 6) is 2.34. The van der Waals surface area contributed by atoms with E-state index in [2.05, 4.69) is 265 Å². The molecule has 0 amide bonds. The van der Waals surface area contributed by atoms with Crippen LogP contribution in [-0.4, -0.2) is 18.3 Å². The highest BCUT2D eigenvalue weighted by Crippen LogP contribution is 2.36. The quantitative estimate of drug-likeness (QED) is 0.158. The number of benzene rings is 7. The molecule has 0 N–H and O–H groups in total. The lowest BCUT2D eigenvalue weighted by molar-refractivity contribution is -0.665. The Bertz CT molecular complexity index is 3490. The Morgan fingerprint density at radius 2 is 0.605 bits per heavy atom. The first-order valence-electron chi connectivity index (χ1n) is 30.7. The highest BCUT2D eigenvalue weighted by molar-refractivity contribution is 6.12. The molecule has 0 bridgehead atoms. The molecule has 12 aromatic rings. The average molecular weight is 1090 g/mol. The lowest BCUT2D eigenvalue weighted by Crippen LogP contribution is -2.33. The van der Waals surface area contributed by atoms with Crippen molar-refractivity contribution >= 4 is 65.4 Å². The van der Waals surface area contributed by atoms with Gasteiger partial charge in [-0.15, -0.1) is 0 Å². The minimum atomic E-state index is 1.16. The van der Waals surface area contributed by atoms with E-state index in [0.29, 0.717) is 0 Å². The SMILES string of the molecule is CC.CC.CC.CC.CC.CC.CC.CC.CC.Cc1cccc2c3ccccc3n(-c3cccc[n+]3C)c12.Cc1cccc2c3ccccc3n(-c3n(C)cc[n+]3C)c12.Cc1ccccc1-n1c2ccccc2c2cccc(C)c21. The van der Waals surface area contributed by atoms with Gasteiger partial charge in [0.05, 0.1) is 50.8 Å². The Morgan fingerprint density at radius 1 is 0.284 bits per heavy atom. The number of aryl methyl sites for hydroxylation is 7. The van der Waals surface area contributed by atoms with Crippen molar-refractivity contribution in [2.24, 2.45) is 21.1 Å². The first-order chi connectivity index (χ1) is 39.7. The first-order valence-corrected chi connectivity index (χ1v) is 30.7. The number of imidazole rings is 1. The van der Waals surface area contributed by atoms with E-state index in [-0.39, 0.29) is 0 Å². The van der Waals surface area contributed by atoms with E-state index in [9.17, 15) is 0 Å². The van der Waals surface area contributed by atoms with Crippen molar-refractivity contribution in [2.45, 2.75) is 152 Å². The maximum atomic E-state index is 2.40. The minimum Gasteiger partial charge on any atom is -0.309 e. The standard InChI is InChI=1S/C20H17N.C19H17N2.C18H18N3.9C2H6/c1-14-8-3-5-12-18(14)21-19-13-6-4-10-16(19)17-11-7-9-15(2)20(17)21;1-14-8-7-10-16-15-9-3-4-11-17(15)21(19(14)16)18-12-5-6-13-20(18)2;1-13-7-6-9-15-14-8-4-5-10-16(14)21(17(13)15)18-19(2)11-12-20(18)3;9*1-2/h2*3-13H,1-2H3;4-12H,1-3H3;9*1-2H3/q;2*+1;;;;;;;;;. The number of rotatable bonds is 3. The third-order valence-electron chi connectivity index (χ3n) is 12.6. The predicted molar refractivity (Wildman–Crippen MR) is 365 cm³/mol. The Kier molecular flexibility index (Phi) is 33.5. The number of nitrogens with zero attached hydrogens (tertiary/aromatic N) is 6. The van der Waals surface area contributed by atoms with E-state index in [4.69, 9.17) is 0 Å². The topological polar surface area (TPSA) is 27.5 Å². The monoisotopic (exact) mass is 1090 g/mol. The molecule has 6 heteroatoms. The molecule has 5 heterocycles. The summed E-state index contributed by atoms with van der Waals surface area (Å²) in [6, 6.07) is 60.4. The van der Waals surface area contributed by atoms with Crippen LogP contribution in [0, 0.1) is 27.7 Å². The average Bonchev–Trinajstić information content (AvgIpc) is 4.31. The number of fused-ring (bicyclic) bond motifs is 9. The molecule has 0 radical (unpaired) electrons. The third kappa shape index (κ3) is 15.8. The number of pyridine rings is 1. The largest absolute Gasteiger partial charge is 0.369 e. The van der Waals surface area contributed by atoms with Gasteiger partial charge in [-0.25, -0.2) is 13.7 Å². The first kappa shape index (κ1) is 71.3. The van der Waals surface area contributed by atoms with Gasteiger partial charge in [0.1, 0.15) is 22.1 Å². The van der Waals surface area contributed by atoms with Crippen molar-refractivity contribution in [3.63, 3.8) is 0 Å². The smallest absolute Gasteiger partial charge is 0.309 e. The number of aromatic nitrogens is 6. The van der Waals surface area contributed by atoms with Crippen molar-refractivity contribution in [1.82, 2.24) is 18.3 Å². The second-order valence-electron chi connectivity index (χ2n) is 16.7. The van der Waals surface area contributed by atoms with Gasteiger partial charge < -0.3 is 4.57 Å². The van der Waals surface area contributed by atoms with Gasteiger partial charge in [0.25, 0.3) is 5.82 Å². The van der Waals surface area contributed by atoms with Gasteiger partial charge in [0, 0.05) is 44.1 Å². The van der Waals surface area contributed by atoms with Crippen LogP contribution in [0.25, 0.3) is 82.9 Å². The molecule has 0 aliphatic carbocycles. The molecule has 7 aromatic carbocycles. The van der Waals surface area contributed by atoms with Crippen LogP contribution in [0.2, 0.25) is 0 Å². The molecule has 0 fully saturated rings. The van der Waals surface area contributed by atoms with Crippen LogP contribution in [-0.2, 0) is 21.1 Å². The Hall–Kier alpha value is -7.70. The van der Waals surface area contributed by atoms with Crippen LogP contribution in [0.15, 0.2) is 188 Å². The summed E-state index contributed by atoms with van der Waals surface area (Å²) in [6.45, 7) is 44.7. The normalized spacial score (nSPS) is 9.54. The van der Waals surface area contributed by atoms with Crippen LogP contribution in [0.1, 0.15) is 147 Å². The minimum absolute atomic E-state index is 1.16. The molecule has 0 unspecified atom stereocenters. The molecule has 0 aliphatic rings. The molecule has 434 valence electrons. The van der Waals surface area contributed by atoms with Gasteiger partial charge in [0.2, 0.25) is 0 Å². The zero-order valence-corrected chi connectivity index (χ0v) is 55.1. The summed E-state index contributed by atoms with van der Waals surface area (Å²) in [4.78, 5) is 0. The second kappa shape index (κ2) is 38.0. The summed E-state index contributed by atoms with van der Waals surface area (Å²) in [5.41, 5.74) is 14.1. The Morgan fingerprint density at radius 3 is 1.00 bits per heavy atom. The molecule has 0 spiro atoms. The fourth-order valence-electron chi connectivity index (χ4n) is 9.72. The molecule has 0 saturated heterocycles. The van der Waals surface area contributed by atoms with Gasteiger partial charge in [-0.1, -0.05) is 246 Å². The molecule has 6 nitrogen and oxygen atoms in total. The maximum Gasteiger partial charge on any atom is 0.369 e. The lowest BCUT2D eigenvalue weighted by Gasteiger charge is -2.12. The maximum absolute atomic E-state index is 2.40. The summed E-state index contributed by atoms with van der Waals surface area (Å²) in [5, 5.41) is 7.88. The van der Waals surface area contributed by atoms with E-state index in [1.165, 1.54) is 99.2 Å². The molecular weight excluding hydrogens is 985 g/mol. The highest BCUT2D eigenvalue weighted by atomic mass is 15.3. The Labute approximate surface area is 492 Å². The zero-order valence-electron chi connectivity index (χ0n) is 55.1. The van der Waals surface area contributed by atoms with Gasteiger partial charge in [-0.3, -0.25) is 0 Å². The predicted octanol–water partition coefficient (Wildman–Crippen LogP) is 21.8. The zero-order chi connectivity index (χ0) is 61.4. The fraction of sp³-hybridized carbons (Fsp3) is 0.333. The van der Waals surface area contributed by atoms with Crippen LogP contribution in [0.3, 0.4) is 0 Å². The van der Waals surface area contributed by atoms with Gasteiger partial charge >= 0.3 is 5.95 Å². The van der Waals surface area contributed by atoms with Gasteiger partial charge in [-0.05, 0) is 92.4 Å². The summed E-state index contributed by atoms with van der Waals surface area (Å²) < 4.78 is 13.6. The van der Waals surface area contributed by atoms with Crippen LogP contribution < -0.4 is 9.13 Å². The molecule has 0 atom stereocenters. The summed E-state index contributed by atoms with van der Waals surface area (Å²) in [6.07, 6.45) is 6.27. The molecule has 5 aromatic heterocycles. The molecule has 81 heavy (non-hydrogen) atoms. The number of hydrogen-bond donors (Lipinski definition) is 0. The van der Waals surface area contributed by atoms with E-state index in [1.54, 1.807) is 0 Å². The molecular formula is C75H106N6+2. The van der Waals surface area contributed by atoms with Crippen molar-refractivity contribution in [3.8, 4) is 17.5 Å². The summed E-state index contributed by atoms with van der Waals surface area (Å²) in [7, 11) is 6.27. The molecule has 0 aliphatic heterocycles. The van der Waals surface area contributed by atoms with Crippen molar-refractivity contribution in [2.75, 3.05) is 0 Å². The van der Waals surface area contributed by atoms with E-state index in [1.807, 2.05) is 125 Å². The lowest BCUT2D eigenvalue weighted by atomic mass is 10.1. The van der Waals surface area contributed by atoms with Crippen molar-refractivity contribution in [3.05, 3.63) is 211 Å². The van der Waals surface area contributed by atoms with E-state index < -0.39 is 0 Å². The van der Waals surface area contributed by atoms with Crippen LogP contribution in [0.5, 0.6) is 0 Å². The highest BCUT2D eigenvalue weighted by Gasteiger charge is 2.24. The second-order valence-corrected chi connectivity index (χ2v) is 16.7.